The zero-order valence-corrected chi connectivity index (χ0v) is 13.6. The lowest BCUT2D eigenvalue weighted by Gasteiger charge is -2.35. The predicted octanol–water partition coefficient (Wildman–Crippen LogP) is 2.59. The quantitative estimate of drug-likeness (QED) is 0.941. The number of piperidine rings is 1. The molecule has 0 aliphatic carbocycles. The van der Waals surface area contributed by atoms with Crippen LogP contribution in [-0.4, -0.2) is 48.2 Å². The normalized spacial score (nSPS) is 23.6. The number of methoxy groups -OCH3 is 1. The van der Waals surface area contributed by atoms with Crippen LogP contribution in [0.25, 0.3) is 10.2 Å². The van der Waals surface area contributed by atoms with Crippen LogP contribution in [0.1, 0.15) is 19.2 Å². The molecule has 1 aliphatic rings. The molecular weight excluding hydrogens is 284 g/mol. The van der Waals surface area contributed by atoms with Gasteiger partial charge < -0.3 is 10.1 Å². The molecule has 0 spiro atoms. The Bertz CT molecular complexity index is 615. The summed E-state index contributed by atoms with van der Waals surface area (Å²) in [4.78, 5) is 12.8. The average molecular weight is 306 g/mol. The van der Waals surface area contributed by atoms with Gasteiger partial charge >= 0.3 is 0 Å². The van der Waals surface area contributed by atoms with Gasteiger partial charge in [0.05, 0.1) is 18.0 Å². The van der Waals surface area contributed by atoms with Crippen molar-refractivity contribution in [1.29, 1.82) is 0 Å². The highest BCUT2D eigenvalue weighted by Crippen LogP contribution is 2.26. The zero-order valence-electron chi connectivity index (χ0n) is 12.8. The van der Waals surface area contributed by atoms with Crippen LogP contribution >= 0.6 is 11.3 Å². The second-order valence-electron chi connectivity index (χ2n) is 5.65. The Morgan fingerprint density at radius 1 is 1.48 bits per heavy atom. The molecule has 5 nitrogen and oxygen atoms in total. The third-order valence-electron chi connectivity index (χ3n) is 4.25. The van der Waals surface area contributed by atoms with Crippen molar-refractivity contribution in [2.24, 2.45) is 5.92 Å². The largest absolute Gasteiger partial charge is 0.380 e. The molecule has 3 heterocycles. The van der Waals surface area contributed by atoms with Gasteiger partial charge in [0.2, 0.25) is 0 Å². The van der Waals surface area contributed by atoms with Gasteiger partial charge in [0.1, 0.15) is 16.5 Å². The molecule has 2 aromatic heterocycles. The standard InChI is InChI=1S/C15H22N4OS/c1-10-4-6-19(8-12(10)20-3)9-13-17-14(16-2)11-5-7-21-15(11)18-13/h5,7,10,12H,4,6,8-9H2,1-3H3,(H,16,17,18). The van der Waals surface area contributed by atoms with Gasteiger partial charge in [-0.3, -0.25) is 4.90 Å². The van der Waals surface area contributed by atoms with Gasteiger partial charge in [0.15, 0.2) is 0 Å². The summed E-state index contributed by atoms with van der Waals surface area (Å²) in [5.41, 5.74) is 0. The van der Waals surface area contributed by atoms with Gasteiger partial charge in [-0.05, 0) is 30.3 Å². The van der Waals surface area contributed by atoms with E-state index < -0.39 is 0 Å². The van der Waals surface area contributed by atoms with Gasteiger partial charge in [-0.1, -0.05) is 6.92 Å². The molecular formula is C15H22N4OS. The minimum atomic E-state index is 0.313. The van der Waals surface area contributed by atoms with Gasteiger partial charge in [0.25, 0.3) is 0 Å². The number of rotatable bonds is 4. The second-order valence-corrected chi connectivity index (χ2v) is 6.55. The van der Waals surface area contributed by atoms with E-state index in [1.54, 1.807) is 18.4 Å². The first-order valence-electron chi connectivity index (χ1n) is 7.38. The summed E-state index contributed by atoms with van der Waals surface area (Å²) < 4.78 is 5.58. The van der Waals surface area contributed by atoms with Crippen LogP contribution in [0, 0.1) is 5.92 Å². The minimum absolute atomic E-state index is 0.313. The van der Waals surface area contributed by atoms with Crippen LogP contribution in [0.4, 0.5) is 5.82 Å². The van der Waals surface area contributed by atoms with Gasteiger partial charge in [-0.25, -0.2) is 9.97 Å². The lowest BCUT2D eigenvalue weighted by atomic mass is 9.96. The Labute approximate surface area is 129 Å². The molecule has 1 saturated heterocycles. The van der Waals surface area contributed by atoms with E-state index >= 15 is 0 Å². The average Bonchev–Trinajstić information content (AvgIpc) is 2.96. The lowest BCUT2D eigenvalue weighted by Crippen LogP contribution is -2.43. The van der Waals surface area contributed by atoms with Crippen LogP contribution in [0.5, 0.6) is 0 Å². The molecule has 0 radical (unpaired) electrons. The summed E-state index contributed by atoms with van der Waals surface area (Å²) in [5.74, 6) is 2.43. The topological polar surface area (TPSA) is 50.3 Å². The first-order chi connectivity index (χ1) is 10.2. The number of nitrogens with one attached hydrogen (secondary N) is 1. The van der Waals surface area contributed by atoms with E-state index in [1.807, 2.05) is 7.05 Å². The van der Waals surface area contributed by atoms with E-state index in [1.165, 1.54) is 6.42 Å². The first-order valence-corrected chi connectivity index (χ1v) is 8.26. The molecule has 0 aromatic carbocycles. The van der Waals surface area contributed by atoms with E-state index in [0.717, 1.165) is 41.5 Å². The molecule has 1 fully saturated rings. The van der Waals surface area contributed by atoms with Crippen molar-refractivity contribution >= 4 is 27.4 Å². The number of hydrogen-bond acceptors (Lipinski definition) is 6. The molecule has 2 unspecified atom stereocenters. The number of aromatic nitrogens is 2. The van der Waals surface area contributed by atoms with Gasteiger partial charge in [0, 0.05) is 20.7 Å². The minimum Gasteiger partial charge on any atom is -0.380 e. The summed E-state index contributed by atoms with van der Waals surface area (Å²) in [7, 11) is 3.71. The van der Waals surface area contributed by atoms with E-state index in [9.17, 15) is 0 Å². The van der Waals surface area contributed by atoms with Crippen molar-refractivity contribution in [3.05, 3.63) is 17.3 Å². The maximum atomic E-state index is 5.58. The first kappa shape index (κ1) is 14.7. The molecule has 2 atom stereocenters. The van der Waals surface area contributed by atoms with E-state index in [2.05, 4.69) is 33.6 Å². The van der Waals surface area contributed by atoms with Crippen molar-refractivity contribution in [3.63, 3.8) is 0 Å². The Morgan fingerprint density at radius 2 is 2.33 bits per heavy atom. The Balaban J connectivity index is 1.78. The maximum Gasteiger partial charge on any atom is 0.146 e. The Hall–Kier alpha value is -1.24. The van der Waals surface area contributed by atoms with Crippen LogP contribution < -0.4 is 5.32 Å². The zero-order chi connectivity index (χ0) is 14.8. The van der Waals surface area contributed by atoms with Crippen molar-refractivity contribution in [1.82, 2.24) is 14.9 Å². The molecule has 6 heteroatoms. The summed E-state index contributed by atoms with van der Waals surface area (Å²) in [6.07, 6.45) is 1.48. The number of anilines is 1. The Kier molecular flexibility index (Phi) is 4.37. The highest BCUT2D eigenvalue weighted by molar-refractivity contribution is 7.16. The summed E-state index contributed by atoms with van der Waals surface area (Å²) in [6, 6.07) is 2.07. The SMILES string of the molecule is CNc1nc(CN2CCC(C)C(OC)C2)nc2sccc12. The number of hydrogen-bond donors (Lipinski definition) is 1. The maximum absolute atomic E-state index is 5.58. The number of nitrogens with zero attached hydrogens (tertiary/aromatic N) is 3. The van der Waals surface area contributed by atoms with Crippen LogP contribution in [-0.2, 0) is 11.3 Å². The van der Waals surface area contributed by atoms with Gasteiger partial charge in [-0.2, -0.15) is 0 Å². The number of fused-ring (bicyclic) bond motifs is 1. The smallest absolute Gasteiger partial charge is 0.146 e. The summed E-state index contributed by atoms with van der Waals surface area (Å²) in [6.45, 7) is 5.09. The third-order valence-corrected chi connectivity index (χ3v) is 5.06. The highest BCUT2D eigenvalue weighted by atomic mass is 32.1. The Morgan fingerprint density at radius 3 is 3.10 bits per heavy atom. The van der Waals surface area contributed by atoms with Crippen molar-refractivity contribution in [2.75, 3.05) is 32.6 Å². The molecule has 1 N–H and O–H groups in total. The third kappa shape index (κ3) is 3.02. The fraction of sp³-hybridized carbons (Fsp3) is 0.600. The molecule has 114 valence electrons. The fourth-order valence-electron chi connectivity index (χ4n) is 2.91. The number of ether oxygens (including phenoxy) is 1. The molecule has 0 amide bonds. The highest BCUT2D eigenvalue weighted by Gasteiger charge is 2.26. The lowest BCUT2D eigenvalue weighted by molar-refractivity contribution is -0.00811. The predicted molar refractivity (Wildman–Crippen MR) is 86.8 cm³/mol. The van der Waals surface area contributed by atoms with Crippen molar-refractivity contribution in [3.8, 4) is 0 Å². The fourth-order valence-corrected chi connectivity index (χ4v) is 3.69. The molecule has 2 aromatic rings. The summed E-state index contributed by atoms with van der Waals surface area (Å²) >= 11 is 1.66. The molecule has 0 bridgehead atoms. The van der Waals surface area contributed by atoms with Crippen LogP contribution in [0.15, 0.2) is 11.4 Å². The number of likely N-dealkylation sites (tertiary alicyclic amines) is 1. The molecule has 1 aliphatic heterocycles. The second kappa shape index (κ2) is 6.25. The van der Waals surface area contributed by atoms with E-state index in [0.29, 0.717) is 12.0 Å². The molecule has 0 saturated carbocycles. The van der Waals surface area contributed by atoms with Crippen molar-refractivity contribution in [2.45, 2.75) is 26.0 Å². The number of thiophene rings is 1. The van der Waals surface area contributed by atoms with Gasteiger partial charge in [-0.15, -0.1) is 11.3 Å². The van der Waals surface area contributed by atoms with E-state index in [4.69, 9.17) is 9.72 Å². The van der Waals surface area contributed by atoms with E-state index in [-0.39, 0.29) is 0 Å². The van der Waals surface area contributed by atoms with Crippen molar-refractivity contribution < 1.29 is 4.74 Å². The molecule has 21 heavy (non-hydrogen) atoms. The molecule has 3 rings (SSSR count). The van der Waals surface area contributed by atoms with Crippen LogP contribution in [0.2, 0.25) is 0 Å². The summed E-state index contributed by atoms with van der Waals surface area (Å²) in [5, 5.41) is 6.34. The monoisotopic (exact) mass is 306 g/mol. The van der Waals surface area contributed by atoms with Crippen LogP contribution in [0.3, 0.4) is 0 Å².